The van der Waals surface area contributed by atoms with Crippen LogP contribution >= 0.6 is 0 Å². The highest BCUT2D eigenvalue weighted by molar-refractivity contribution is 5.90. The highest BCUT2D eigenvalue weighted by atomic mass is 19.1. The molecule has 2 aromatic carbocycles. The van der Waals surface area contributed by atoms with Crippen LogP contribution in [0.5, 0.6) is 0 Å². The summed E-state index contributed by atoms with van der Waals surface area (Å²) in [5.74, 6) is -2.24. The third kappa shape index (κ3) is 3.08. The molecule has 0 radical (unpaired) electrons. The summed E-state index contributed by atoms with van der Waals surface area (Å²) < 4.78 is 27.5. The zero-order valence-electron chi connectivity index (χ0n) is 11.8. The average Bonchev–Trinajstić information content (AvgIpc) is 2.53. The first kappa shape index (κ1) is 14.8. The van der Waals surface area contributed by atoms with E-state index >= 15 is 0 Å². The van der Waals surface area contributed by atoms with Crippen LogP contribution in [0.1, 0.15) is 0 Å². The first-order valence-corrected chi connectivity index (χ1v) is 6.73. The first-order chi connectivity index (χ1) is 11.0. The quantitative estimate of drug-likeness (QED) is 0.807. The third-order valence-corrected chi connectivity index (χ3v) is 3.25. The fourth-order valence-electron chi connectivity index (χ4n) is 2.15. The van der Waals surface area contributed by atoms with Gasteiger partial charge in [0.1, 0.15) is 18.2 Å². The van der Waals surface area contributed by atoms with Crippen molar-refractivity contribution >= 4 is 22.5 Å². The van der Waals surface area contributed by atoms with E-state index in [9.17, 15) is 18.4 Å². The summed E-state index contributed by atoms with van der Waals surface area (Å²) in [6, 6.07) is 9.56. The Morgan fingerprint density at radius 2 is 1.96 bits per heavy atom. The van der Waals surface area contributed by atoms with E-state index in [0.717, 1.165) is 16.7 Å². The van der Waals surface area contributed by atoms with Gasteiger partial charge in [0.05, 0.1) is 22.9 Å². The van der Waals surface area contributed by atoms with Gasteiger partial charge in [0, 0.05) is 6.07 Å². The maximum absolute atomic E-state index is 13.5. The number of halogens is 2. The Labute approximate surface area is 129 Å². The molecule has 0 saturated heterocycles. The summed E-state index contributed by atoms with van der Waals surface area (Å²) in [6.07, 6.45) is 1.26. The number of benzene rings is 2. The maximum atomic E-state index is 13.5. The molecule has 1 heterocycles. The van der Waals surface area contributed by atoms with Crippen LogP contribution in [0, 0.1) is 11.6 Å². The molecule has 0 aliphatic carbocycles. The van der Waals surface area contributed by atoms with E-state index in [1.54, 1.807) is 24.3 Å². The van der Waals surface area contributed by atoms with Crippen LogP contribution in [0.2, 0.25) is 0 Å². The molecule has 7 heteroatoms. The van der Waals surface area contributed by atoms with Crippen molar-refractivity contribution in [3.05, 3.63) is 70.8 Å². The van der Waals surface area contributed by atoms with Gasteiger partial charge in [-0.25, -0.2) is 13.8 Å². The van der Waals surface area contributed by atoms with E-state index < -0.39 is 17.5 Å². The summed E-state index contributed by atoms with van der Waals surface area (Å²) in [7, 11) is 0. The first-order valence-electron chi connectivity index (χ1n) is 6.73. The van der Waals surface area contributed by atoms with Crippen LogP contribution in [0.4, 0.5) is 14.5 Å². The Kier molecular flexibility index (Phi) is 3.84. The van der Waals surface area contributed by atoms with Gasteiger partial charge in [0.2, 0.25) is 5.91 Å². The number of carbonyl (C=O) groups excluding carboxylic acids is 1. The van der Waals surface area contributed by atoms with E-state index in [2.05, 4.69) is 10.3 Å². The van der Waals surface area contributed by atoms with Crippen LogP contribution in [0.25, 0.3) is 10.9 Å². The number of nitrogens with zero attached hydrogens (tertiary/aromatic N) is 2. The van der Waals surface area contributed by atoms with Gasteiger partial charge in [0.15, 0.2) is 0 Å². The van der Waals surface area contributed by atoms with Crippen LogP contribution in [0.15, 0.2) is 53.6 Å². The van der Waals surface area contributed by atoms with Gasteiger partial charge in [-0.3, -0.25) is 14.2 Å². The molecule has 0 aliphatic rings. The van der Waals surface area contributed by atoms with Crippen LogP contribution in [-0.4, -0.2) is 15.5 Å². The molecule has 1 amide bonds. The molecule has 0 unspecified atom stereocenters. The number of hydrogen-bond acceptors (Lipinski definition) is 3. The normalized spacial score (nSPS) is 10.7. The molecule has 5 nitrogen and oxygen atoms in total. The molecule has 3 rings (SSSR count). The largest absolute Gasteiger partial charge is 0.322 e. The lowest BCUT2D eigenvalue weighted by molar-refractivity contribution is -0.116. The highest BCUT2D eigenvalue weighted by Crippen LogP contribution is 2.14. The summed E-state index contributed by atoms with van der Waals surface area (Å²) in [5, 5.41) is 2.68. The highest BCUT2D eigenvalue weighted by Gasteiger charge is 2.11. The topological polar surface area (TPSA) is 64.0 Å². The Bertz CT molecular complexity index is 953. The van der Waals surface area contributed by atoms with E-state index in [0.29, 0.717) is 17.0 Å². The molecule has 1 N–H and O–H groups in total. The second kappa shape index (κ2) is 5.96. The minimum atomic E-state index is -0.887. The number of nitrogens with one attached hydrogen (secondary N) is 1. The van der Waals surface area contributed by atoms with E-state index in [-0.39, 0.29) is 17.8 Å². The van der Waals surface area contributed by atoms with Crippen molar-refractivity contribution in [2.45, 2.75) is 6.54 Å². The predicted molar refractivity (Wildman–Crippen MR) is 81.0 cm³/mol. The molecular formula is C16H11F2N3O2. The molecule has 0 bridgehead atoms. The summed E-state index contributed by atoms with van der Waals surface area (Å²) in [5.41, 5.74) is 0.00209. The third-order valence-electron chi connectivity index (χ3n) is 3.25. The molecule has 23 heavy (non-hydrogen) atoms. The predicted octanol–water partition coefficient (Wildman–Crippen LogP) is 2.31. The van der Waals surface area contributed by atoms with Gasteiger partial charge in [-0.2, -0.15) is 0 Å². The molecule has 0 fully saturated rings. The number of aromatic nitrogens is 2. The van der Waals surface area contributed by atoms with Crippen molar-refractivity contribution in [3.63, 3.8) is 0 Å². The smallest absolute Gasteiger partial charge is 0.261 e. The van der Waals surface area contributed by atoms with Crippen molar-refractivity contribution in [2.24, 2.45) is 0 Å². The molecule has 3 aromatic rings. The molecule has 1 aromatic heterocycles. The standard InChI is InChI=1S/C16H11F2N3O2/c17-10-5-6-14(12(18)7-10)20-15(22)8-21-9-19-13-4-2-1-3-11(13)16(21)23/h1-7,9H,8H2,(H,20,22). The van der Waals surface area contributed by atoms with Gasteiger partial charge in [-0.05, 0) is 24.3 Å². The fourth-order valence-corrected chi connectivity index (χ4v) is 2.15. The SMILES string of the molecule is O=C(Cn1cnc2ccccc2c1=O)Nc1ccc(F)cc1F. The minimum absolute atomic E-state index is 0.154. The fraction of sp³-hybridized carbons (Fsp3) is 0.0625. The lowest BCUT2D eigenvalue weighted by Crippen LogP contribution is -2.28. The monoisotopic (exact) mass is 315 g/mol. The Morgan fingerprint density at radius 3 is 2.74 bits per heavy atom. The number of fused-ring (bicyclic) bond motifs is 1. The second-order valence-electron chi connectivity index (χ2n) is 4.87. The number of amides is 1. The summed E-state index contributed by atoms with van der Waals surface area (Å²) in [6.45, 7) is -0.326. The maximum Gasteiger partial charge on any atom is 0.261 e. The van der Waals surface area contributed by atoms with Gasteiger partial charge in [-0.15, -0.1) is 0 Å². The molecule has 0 aliphatic heterocycles. The van der Waals surface area contributed by atoms with Crippen molar-refractivity contribution in [1.82, 2.24) is 9.55 Å². The molecule has 0 saturated carbocycles. The van der Waals surface area contributed by atoms with E-state index in [1.807, 2.05) is 0 Å². The number of carbonyl (C=O) groups is 1. The molecular weight excluding hydrogens is 304 g/mol. The number of para-hydroxylation sites is 1. The van der Waals surface area contributed by atoms with Crippen LogP contribution in [0.3, 0.4) is 0 Å². The Morgan fingerprint density at radius 1 is 1.17 bits per heavy atom. The van der Waals surface area contributed by atoms with Crippen molar-refractivity contribution in [2.75, 3.05) is 5.32 Å². The average molecular weight is 315 g/mol. The van der Waals surface area contributed by atoms with Crippen LogP contribution in [-0.2, 0) is 11.3 Å². The number of anilines is 1. The Hall–Kier alpha value is -3.09. The summed E-state index contributed by atoms with van der Waals surface area (Å²) >= 11 is 0. The second-order valence-corrected chi connectivity index (χ2v) is 4.87. The minimum Gasteiger partial charge on any atom is -0.322 e. The molecule has 116 valence electrons. The number of rotatable bonds is 3. The molecule has 0 atom stereocenters. The van der Waals surface area contributed by atoms with Gasteiger partial charge < -0.3 is 5.32 Å². The van der Waals surface area contributed by atoms with Crippen molar-refractivity contribution in [1.29, 1.82) is 0 Å². The van der Waals surface area contributed by atoms with Crippen molar-refractivity contribution in [3.8, 4) is 0 Å². The van der Waals surface area contributed by atoms with E-state index in [4.69, 9.17) is 0 Å². The molecule has 0 spiro atoms. The Balaban J connectivity index is 1.83. The summed E-state index contributed by atoms with van der Waals surface area (Å²) in [4.78, 5) is 28.3. The van der Waals surface area contributed by atoms with Gasteiger partial charge >= 0.3 is 0 Å². The number of hydrogen-bond donors (Lipinski definition) is 1. The van der Waals surface area contributed by atoms with Crippen molar-refractivity contribution < 1.29 is 13.6 Å². The zero-order chi connectivity index (χ0) is 16.4. The van der Waals surface area contributed by atoms with Gasteiger partial charge in [0.25, 0.3) is 5.56 Å². The lowest BCUT2D eigenvalue weighted by Gasteiger charge is -2.08. The lowest BCUT2D eigenvalue weighted by atomic mass is 10.2. The van der Waals surface area contributed by atoms with Gasteiger partial charge in [-0.1, -0.05) is 12.1 Å². The zero-order valence-corrected chi connectivity index (χ0v) is 11.8. The van der Waals surface area contributed by atoms with E-state index in [1.165, 1.54) is 6.33 Å². The van der Waals surface area contributed by atoms with Crippen LogP contribution < -0.4 is 10.9 Å².